The zero-order valence-electron chi connectivity index (χ0n) is 16.1. The van der Waals surface area contributed by atoms with Crippen molar-refractivity contribution in [3.8, 4) is 0 Å². The highest BCUT2D eigenvalue weighted by molar-refractivity contribution is 6.21. The smallest absolute Gasteiger partial charge is 0.226 e. The van der Waals surface area contributed by atoms with E-state index in [1.165, 1.54) is 12.5 Å². The quantitative estimate of drug-likeness (QED) is 0.589. The van der Waals surface area contributed by atoms with Gasteiger partial charge in [0.1, 0.15) is 0 Å². The topological polar surface area (TPSA) is 74.6 Å². The first-order valence-corrected chi connectivity index (χ1v) is 9.62. The van der Waals surface area contributed by atoms with E-state index in [1.807, 2.05) is 0 Å². The Morgan fingerprint density at radius 3 is 2.58 bits per heavy atom. The number of Topliss-reactive ketones (excluding diaryl/α,β-unsaturated/α-hetero) is 1. The maximum absolute atomic E-state index is 12.5. The van der Waals surface area contributed by atoms with E-state index in [0.29, 0.717) is 12.3 Å². The van der Waals surface area contributed by atoms with E-state index in [1.54, 1.807) is 0 Å². The molecule has 0 saturated heterocycles. The summed E-state index contributed by atoms with van der Waals surface area (Å²) in [6.07, 6.45) is 7.02. The molecule has 3 aliphatic carbocycles. The van der Waals surface area contributed by atoms with E-state index in [9.17, 15) is 19.8 Å². The normalized spacial score (nSPS) is 34.6. The molecule has 142 valence electrons. The second-order valence-corrected chi connectivity index (χ2v) is 9.20. The number of ketones is 2. The molecule has 3 rings (SSSR count). The van der Waals surface area contributed by atoms with Crippen molar-refractivity contribution in [2.75, 3.05) is 6.61 Å². The number of rotatable bonds is 3. The van der Waals surface area contributed by atoms with E-state index in [4.69, 9.17) is 0 Å². The number of allylic oxidation sites excluding steroid dienone is 4. The fourth-order valence-electron chi connectivity index (χ4n) is 5.89. The molecule has 0 unspecified atom stereocenters. The van der Waals surface area contributed by atoms with E-state index >= 15 is 0 Å². The van der Waals surface area contributed by atoms with Gasteiger partial charge in [0, 0.05) is 11.1 Å². The molecule has 0 amide bonds. The lowest BCUT2D eigenvalue weighted by Crippen LogP contribution is -2.49. The fraction of sp³-hybridized carbons (Fsp3) is 0.636. The van der Waals surface area contributed by atoms with Gasteiger partial charge in [-0.2, -0.15) is 0 Å². The van der Waals surface area contributed by atoms with E-state index in [0.717, 1.165) is 31.3 Å². The Balaban J connectivity index is 1.95. The summed E-state index contributed by atoms with van der Waals surface area (Å²) >= 11 is 0. The Morgan fingerprint density at radius 1 is 1.23 bits per heavy atom. The zero-order valence-corrected chi connectivity index (χ0v) is 16.1. The Labute approximate surface area is 155 Å². The first kappa shape index (κ1) is 19.1. The van der Waals surface area contributed by atoms with Gasteiger partial charge < -0.3 is 10.2 Å². The van der Waals surface area contributed by atoms with Crippen LogP contribution in [0.4, 0.5) is 0 Å². The van der Waals surface area contributed by atoms with Gasteiger partial charge >= 0.3 is 0 Å². The van der Waals surface area contributed by atoms with Crippen LogP contribution in [0.15, 0.2) is 35.1 Å². The second kappa shape index (κ2) is 6.49. The molecule has 2 saturated carbocycles. The highest BCUT2D eigenvalue weighted by atomic mass is 16.3. The van der Waals surface area contributed by atoms with Crippen molar-refractivity contribution < 1.29 is 19.8 Å². The second-order valence-electron chi connectivity index (χ2n) is 9.20. The van der Waals surface area contributed by atoms with Gasteiger partial charge in [0.25, 0.3) is 0 Å². The summed E-state index contributed by atoms with van der Waals surface area (Å²) in [5, 5.41) is 19.5. The van der Waals surface area contributed by atoms with Crippen LogP contribution in [0.1, 0.15) is 59.3 Å². The summed E-state index contributed by atoms with van der Waals surface area (Å²) in [6, 6.07) is 0. The third-order valence-electron chi connectivity index (χ3n) is 7.29. The molecule has 0 aliphatic heterocycles. The molecule has 4 nitrogen and oxygen atoms in total. The number of hydrogen-bond acceptors (Lipinski definition) is 4. The molecule has 0 bridgehead atoms. The first-order valence-electron chi connectivity index (χ1n) is 9.62. The van der Waals surface area contributed by atoms with Gasteiger partial charge in [-0.3, -0.25) is 9.59 Å². The lowest BCUT2D eigenvalue weighted by molar-refractivity contribution is -0.118. The standard InChI is InChI=1S/C22H30O4/c1-13-6-7-18-21(2,3)8-5-9-22(18,4)16(13)11-15-17(24)10-14(12-23)19(25)20(15)26/h10,16,18,23,26H,1,5-9,11-12H2,2-4H3/t16-,18-,22-/m1/s1. The van der Waals surface area contributed by atoms with E-state index in [-0.39, 0.29) is 33.7 Å². The van der Waals surface area contributed by atoms with Crippen molar-refractivity contribution in [2.24, 2.45) is 22.7 Å². The van der Waals surface area contributed by atoms with Crippen molar-refractivity contribution in [3.63, 3.8) is 0 Å². The van der Waals surface area contributed by atoms with Crippen LogP contribution in [0.2, 0.25) is 0 Å². The van der Waals surface area contributed by atoms with Crippen molar-refractivity contribution in [1.82, 2.24) is 0 Å². The largest absolute Gasteiger partial charge is 0.504 e. The fourth-order valence-corrected chi connectivity index (χ4v) is 5.89. The number of hydrogen-bond donors (Lipinski definition) is 2. The molecule has 0 radical (unpaired) electrons. The van der Waals surface area contributed by atoms with Crippen molar-refractivity contribution >= 4 is 11.6 Å². The minimum Gasteiger partial charge on any atom is -0.504 e. The van der Waals surface area contributed by atoms with E-state index < -0.39 is 18.1 Å². The van der Waals surface area contributed by atoms with Crippen LogP contribution >= 0.6 is 0 Å². The highest BCUT2D eigenvalue weighted by Crippen LogP contribution is 2.62. The van der Waals surface area contributed by atoms with Crippen molar-refractivity contribution in [1.29, 1.82) is 0 Å². The Kier molecular flexibility index (Phi) is 4.76. The third kappa shape index (κ3) is 2.88. The van der Waals surface area contributed by atoms with Gasteiger partial charge in [-0.25, -0.2) is 0 Å². The Hall–Kier alpha value is -1.68. The Morgan fingerprint density at radius 2 is 1.92 bits per heavy atom. The molecule has 26 heavy (non-hydrogen) atoms. The van der Waals surface area contributed by atoms with Gasteiger partial charge in [0.05, 0.1) is 6.61 Å². The number of aliphatic hydroxyl groups excluding tert-OH is 2. The molecule has 0 spiro atoms. The zero-order chi connectivity index (χ0) is 19.3. The molecule has 0 heterocycles. The van der Waals surface area contributed by atoms with Crippen LogP contribution in [-0.4, -0.2) is 28.4 Å². The van der Waals surface area contributed by atoms with Crippen LogP contribution < -0.4 is 0 Å². The lowest BCUT2D eigenvalue weighted by Gasteiger charge is -2.58. The van der Waals surface area contributed by atoms with Crippen LogP contribution in [0, 0.1) is 22.7 Å². The molecule has 0 aromatic heterocycles. The average molecular weight is 358 g/mol. The predicted molar refractivity (Wildman–Crippen MR) is 101 cm³/mol. The molecule has 2 N–H and O–H groups in total. The molecule has 0 aromatic carbocycles. The molecule has 4 heteroatoms. The number of fused-ring (bicyclic) bond motifs is 1. The molecular formula is C22H30O4. The molecular weight excluding hydrogens is 328 g/mol. The third-order valence-corrected chi connectivity index (χ3v) is 7.29. The van der Waals surface area contributed by atoms with Gasteiger partial charge in [-0.15, -0.1) is 0 Å². The van der Waals surface area contributed by atoms with Gasteiger partial charge in [0.2, 0.25) is 5.78 Å². The van der Waals surface area contributed by atoms with Crippen molar-refractivity contribution in [3.05, 3.63) is 35.1 Å². The molecule has 2 fully saturated rings. The van der Waals surface area contributed by atoms with Crippen LogP contribution in [0.25, 0.3) is 0 Å². The summed E-state index contributed by atoms with van der Waals surface area (Å²) in [5.41, 5.74) is 1.54. The predicted octanol–water partition coefficient (Wildman–Crippen LogP) is 4.06. The van der Waals surface area contributed by atoms with Gasteiger partial charge in [-0.05, 0) is 60.8 Å². The molecule has 3 aliphatic rings. The monoisotopic (exact) mass is 358 g/mol. The number of aliphatic hydroxyl groups is 2. The summed E-state index contributed by atoms with van der Waals surface area (Å²) < 4.78 is 0. The molecule has 3 atom stereocenters. The number of carbonyl (C=O) groups is 2. The van der Waals surface area contributed by atoms with Gasteiger partial charge in [-0.1, -0.05) is 39.3 Å². The van der Waals surface area contributed by atoms with Crippen LogP contribution in [0.3, 0.4) is 0 Å². The van der Waals surface area contributed by atoms with Crippen LogP contribution in [-0.2, 0) is 9.59 Å². The van der Waals surface area contributed by atoms with Crippen LogP contribution in [0.5, 0.6) is 0 Å². The first-order chi connectivity index (χ1) is 12.1. The molecule has 0 aromatic rings. The lowest BCUT2D eigenvalue weighted by atomic mass is 9.47. The summed E-state index contributed by atoms with van der Waals surface area (Å²) in [6.45, 7) is 10.7. The summed E-state index contributed by atoms with van der Waals surface area (Å²) in [4.78, 5) is 24.7. The average Bonchev–Trinajstić information content (AvgIpc) is 2.56. The van der Waals surface area contributed by atoms with Gasteiger partial charge in [0.15, 0.2) is 11.5 Å². The van der Waals surface area contributed by atoms with Crippen molar-refractivity contribution in [2.45, 2.75) is 59.3 Å². The highest BCUT2D eigenvalue weighted by Gasteiger charge is 2.53. The van der Waals surface area contributed by atoms with E-state index in [2.05, 4.69) is 27.4 Å². The Bertz CT molecular complexity index is 724. The summed E-state index contributed by atoms with van der Waals surface area (Å²) in [7, 11) is 0. The number of carbonyl (C=O) groups excluding carboxylic acids is 2. The SMILES string of the molecule is C=C1CC[C@@H]2C(C)(C)CCC[C@]2(C)[C@@H]1CC1=C(O)C(=O)C(CO)=CC1=O. The maximum atomic E-state index is 12.5. The minimum atomic E-state index is -0.630. The minimum absolute atomic E-state index is 0.0225. The maximum Gasteiger partial charge on any atom is 0.226 e. The summed E-state index contributed by atoms with van der Waals surface area (Å²) in [5.74, 6) is -0.859.